The summed E-state index contributed by atoms with van der Waals surface area (Å²) < 4.78 is 10.9. The van der Waals surface area contributed by atoms with E-state index in [4.69, 9.17) is 26.8 Å². The van der Waals surface area contributed by atoms with Crippen LogP contribution in [-0.4, -0.2) is 30.5 Å². The molecule has 0 aliphatic heterocycles. The predicted octanol–water partition coefficient (Wildman–Crippen LogP) is 3.94. The number of ether oxygens (including phenoxy) is 2. The fourth-order valence-electron chi connectivity index (χ4n) is 2.25. The van der Waals surface area contributed by atoms with Gasteiger partial charge in [-0.15, -0.1) is 12.4 Å². The lowest BCUT2D eigenvalue weighted by atomic mass is 10.1. The van der Waals surface area contributed by atoms with Gasteiger partial charge in [0.15, 0.2) is 11.5 Å². The lowest BCUT2D eigenvalue weighted by Crippen LogP contribution is -2.28. The zero-order valence-corrected chi connectivity index (χ0v) is 16.9. The topological polar surface area (TPSA) is 117 Å². The molecule has 0 spiro atoms. The van der Waals surface area contributed by atoms with E-state index in [-0.39, 0.29) is 52.3 Å². The van der Waals surface area contributed by atoms with Gasteiger partial charge in [-0.05, 0) is 43.7 Å². The van der Waals surface area contributed by atoms with Gasteiger partial charge in [-0.2, -0.15) is 0 Å². The van der Waals surface area contributed by atoms with Gasteiger partial charge in [0, 0.05) is 29.2 Å². The highest BCUT2D eigenvalue weighted by molar-refractivity contribution is 6.30. The number of nitrogens with one attached hydrogen (secondary N) is 1. The number of carbonyl (C=O) groups is 1. The number of hydrogen-bond donors (Lipinski definition) is 2. The molecule has 2 aromatic rings. The molecular formula is C18H21Cl2N3O5. The average molecular weight is 430 g/mol. The number of amides is 1. The molecule has 1 amide bonds. The first-order chi connectivity index (χ1) is 12.8. The number of nitrogens with zero attached hydrogens (tertiary/aromatic N) is 1. The molecule has 0 heterocycles. The van der Waals surface area contributed by atoms with E-state index >= 15 is 0 Å². The molecule has 0 radical (unpaired) electrons. The molecule has 1 unspecified atom stereocenters. The molecule has 0 fully saturated rings. The summed E-state index contributed by atoms with van der Waals surface area (Å²) in [4.78, 5) is 22.8. The van der Waals surface area contributed by atoms with E-state index in [1.807, 2.05) is 6.92 Å². The Labute approximate surface area is 173 Å². The number of carbonyl (C=O) groups excluding carboxylic acids is 1. The molecular weight excluding hydrogens is 409 g/mol. The van der Waals surface area contributed by atoms with Crippen LogP contribution in [0.25, 0.3) is 0 Å². The highest BCUT2D eigenvalue weighted by Gasteiger charge is 2.19. The molecule has 2 rings (SSSR count). The first kappa shape index (κ1) is 23.5. The molecule has 152 valence electrons. The third kappa shape index (κ3) is 6.26. The van der Waals surface area contributed by atoms with Gasteiger partial charge in [-0.1, -0.05) is 11.6 Å². The molecule has 2 aromatic carbocycles. The zero-order valence-electron chi connectivity index (χ0n) is 15.3. The number of methoxy groups -OCH3 is 1. The molecule has 28 heavy (non-hydrogen) atoms. The SMILES string of the molecule is COc1cc(C(=O)NCCC(C)N)ccc1Oc1ccc(Cl)cc1[N+](=O)[O-].Cl. The largest absolute Gasteiger partial charge is 0.493 e. The van der Waals surface area contributed by atoms with Crippen LogP contribution >= 0.6 is 24.0 Å². The van der Waals surface area contributed by atoms with E-state index in [1.165, 1.54) is 37.4 Å². The van der Waals surface area contributed by atoms with E-state index in [0.717, 1.165) is 0 Å². The Kier molecular flexibility index (Phi) is 8.98. The smallest absolute Gasteiger partial charge is 0.313 e. The van der Waals surface area contributed by atoms with Crippen LogP contribution in [-0.2, 0) is 0 Å². The van der Waals surface area contributed by atoms with Crippen LogP contribution in [0.4, 0.5) is 5.69 Å². The molecule has 0 aliphatic carbocycles. The van der Waals surface area contributed by atoms with Gasteiger partial charge < -0.3 is 20.5 Å². The van der Waals surface area contributed by atoms with Crippen LogP contribution < -0.4 is 20.5 Å². The molecule has 0 aliphatic rings. The first-order valence-corrected chi connectivity index (χ1v) is 8.53. The van der Waals surface area contributed by atoms with Crippen molar-refractivity contribution in [2.45, 2.75) is 19.4 Å². The molecule has 0 saturated carbocycles. The second-order valence-corrected chi connectivity index (χ2v) is 6.30. The minimum Gasteiger partial charge on any atom is -0.493 e. The van der Waals surface area contributed by atoms with Gasteiger partial charge in [0.1, 0.15) is 0 Å². The molecule has 8 nitrogen and oxygen atoms in total. The van der Waals surface area contributed by atoms with E-state index in [2.05, 4.69) is 5.32 Å². The number of nitro groups is 1. The molecule has 3 N–H and O–H groups in total. The fourth-order valence-corrected chi connectivity index (χ4v) is 2.41. The van der Waals surface area contributed by atoms with E-state index in [1.54, 1.807) is 6.07 Å². The van der Waals surface area contributed by atoms with Crippen molar-refractivity contribution in [3.05, 3.63) is 57.1 Å². The molecule has 0 aromatic heterocycles. The number of benzene rings is 2. The van der Waals surface area contributed by atoms with Gasteiger partial charge in [0.2, 0.25) is 5.75 Å². The van der Waals surface area contributed by atoms with Gasteiger partial charge >= 0.3 is 5.69 Å². The summed E-state index contributed by atoms with van der Waals surface area (Å²) in [6, 6.07) is 8.62. The summed E-state index contributed by atoms with van der Waals surface area (Å²) in [5, 5.41) is 14.2. The van der Waals surface area contributed by atoms with Gasteiger partial charge in [-0.25, -0.2) is 0 Å². The molecule has 10 heteroatoms. The van der Waals surface area contributed by atoms with Gasteiger partial charge in [0.25, 0.3) is 5.91 Å². The second-order valence-electron chi connectivity index (χ2n) is 5.86. The lowest BCUT2D eigenvalue weighted by Gasteiger charge is -2.13. The van der Waals surface area contributed by atoms with Crippen molar-refractivity contribution in [1.82, 2.24) is 5.32 Å². The summed E-state index contributed by atoms with van der Waals surface area (Å²) in [6.07, 6.45) is 0.657. The van der Waals surface area contributed by atoms with Crippen molar-refractivity contribution in [2.24, 2.45) is 5.73 Å². The zero-order chi connectivity index (χ0) is 20.0. The minimum atomic E-state index is -0.589. The predicted molar refractivity (Wildman–Crippen MR) is 109 cm³/mol. The first-order valence-electron chi connectivity index (χ1n) is 8.15. The number of nitro benzene ring substituents is 1. The number of hydrogen-bond acceptors (Lipinski definition) is 6. The molecule has 0 bridgehead atoms. The van der Waals surface area contributed by atoms with Crippen LogP contribution in [0.3, 0.4) is 0 Å². The van der Waals surface area contributed by atoms with Gasteiger partial charge in [-0.3, -0.25) is 14.9 Å². The van der Waals surface area contributed by atoms with Crippen LogP contribution in [0.15, 0.2) is 36.4 Å². The Bertz CT molecular complexity index is 846. The van der Waals surface area contributed by atoms with E-state index in [0.29, 0.717) is 18.5 Å². The maximum atomic E-state index is 12.2. The van der Waals surface area contributed by atoms with Crippen molar-refractivity contribution >= 4 is 35.6 Å². The van der Waals surface area contributed by atoms with Crippen LogP contribution in [0, 0.1) is 10.1 Å². The summed E-state index contributed by atoms with van der Waals surface area (Å²) in [5.74, 6) is 0.226. The van der Waals surface area contributed by atoms with Gasteiger partial charge in [0.05, 0.1) is 12.0 Å². The Morgan fingerprint density at radius 2 is 1.93 bits per heavy atom. The van der Waals surface area contributed by atoms with E-state index < -0.39 is 4.92 Å². The Hall–Kier alpha value is -2.55. The normalized spacial score (nSPS) is 11.1. The van der Waals surface area contributed by atoms with Crippen molar-refractivity contribution in [3.8, 4) is 17.2 Å². The average Bonchev–Trinajstić information content (AvgIpc) is 2.62. The Balaban J connectivity index is 0.00000392. The summed E-state index contributed by atoms with van der Waals surface area (Å²) in [5.41, 5.74) is 5.75. The van der Waals surface area contributed by atoms with Crippen molar-refractivity contribution in [2.75, 3.05) is 13.7 Å². The van der Waals surface area contributed by atoms with Crippen molar-refractivity contribution in [3.63, 3.8) is 0 Å². The van der Waals surface area contributed by atoms with E-state index in [9.17, 15) is 14.9 Å². The van der Waals surface area contributed by atoms with Crippen molar-refractivity contribution in [1.29, 1.82) is 0 Å². The third-order valence-electron chi connectivity index (χ3n) is 3.65. The highest BCUT2D eigenvalue weighted by Crippen LogP contribution is 2.37. The molecule has 0 saturated heterocycles. The number of rotatable bonds is 8. The standard InChI is InChI=1S/C18H20ClN3O5.ClH/c1-11(20)7-8-21-18(23)12-3-5-16(17(9-12)26-2)27-15-6-4-13(19)10-14(15)22(24)25;/h3-6,9-11H,7-8,20H2,1-2H3,(H,21,23);1H. The quantitative estimate of drug-likeness (QED) is 0.484. The lowest BCUT2D eigenvalue weighted by molar-refractivity contribution is -0.385. The van der Waals surface area contributed by atoms with Crippen LogP contribution in [0.5, 0.6) is 17.2 Å². The van der Waals surface area contributed by atoms with Crippen molar-refractivity contribution < 1.29 is 19.2 Å². The second kappa shape index (κ2) is 10.7. The Morgan fingerprint density at radius 3 is 2.54 bits per heavy atom. The molecule has 1 atom stereocenters. The van der Waals surface area contributed by atoms with Crippen LogP contribution in [0.1, 0.15) is 23.7 Å². The minimum absolute atomic E-state index is 0. The summed E-state index contributed by atoms with van der Waals surface area (Å²) >= 11 is 5.80. The Morgan fingerprint density at radius 1 is 1.25 bits per heavy atom. The number of halogens is 2. The summed E-state index contributed by atoms with van der Waals surface area (Å²) in [6.45, 7) is 2.31. The third-order valence-corrected chi connectivity index (χ3v) is 3.88. The number of nitrogens with two attached hydrogens (primary N) is 1. The monoisotopic (exact) mass is 429 g/mol. The highest BCUT2D eigenvalue weighted by atomic mass is 35.5. The fraction of sp³-hybridized carbons (Fsp3) is 0.278. The maximum Gasteiger partial charge on any atom is 0.313 e. The maximum absolute atomic E-state index is 12.2. The summed E-state index contributed by atoms with van der Waals surface area (Å²) in [7, 11) is 1.41. The van der Waals surface area contributed by atoms with Crippen LogP contribution in [0.2, 0.25) is 5.02 Å².